The summed E-state index contributed by atoms with van der Waals surface area (Å²) < 4.78 is 0. The van der Waals surface area contributed by atoms with Crippen molar-refractivity contribution in [2.45, 2.75) is 92.9 Å². The number of nitrogens with one attached hydrogen (secondary N) is 1. The zero-order chi connectivity index (χ0) is 15.6. The second-order valence-electron chi connectivity index (χ2n) is 8.52. The largest absolute Gasteiger partial charge is 0.356 e. The Bertz CT molecular complexity index is 258. The number of rotatable bonds is 9. The third kappa shape index (κ3) is 15.5. The van der Waals surface area contributed by atoms with Gasteiger partial charge in [-0.05, 0) is 23.7 Å². The molecule has 0 aliphatic heterocycles. The summed E-state index contributed by atoms with van der Waals surface area (Å²) in [4.78, 5) is 11.6. The normalized spacial score (nSPS) is 12.5. The summed E-state index contributed by atoms with van der Waals surface area (Å²) in [5, 5.41) is 3.02. The van der Waals surface area contributed by atoms with Crippen LogP contribution in [0.25, 0.3) is 0 Å². The van der Waals surface area contributed by atoms with Crippen LogP contribution in [0.15, 0.2) is 0 Å². The molecule has 0 aromatic rings. The van der Waals surface area contributed by atoms with E-state index in [4.69, 9.17) is 0 Å². The molecule has 0 spiro atoms. The fourth-order valence-corrected chi connectivity index (χ4v) is 2.26. The summed E-state index contributed by atoms with van der Waals surface area (Å²) in [5.74, 6) is 0.197. The molecule has 0 atom stereocenters. The van der Waals surface area contributed by atoms with E-state index in [0.29, 0.717) is 11.8 Å². The minimum Gasteiger partial charge on any atom is -0.356 e. The summed E-state index contributed by atoms with van der Waals surface area (Å²) in [5.41, 5.74) is 0.578. The molecule has 0 rings (SSSR count). The number of amides is 1. The molecule has 2 nitrogen and oxygen atoms in total. The summed E-state index contributed by atoms with van der Waals surface area (Å²) in [7, 11) is 0. The summed E-state index contributed by atoms with van der Waals surface area (Å²) >= 11 is 0. The molecule has 1 N–H and O–H groups in total. The third-order valence-electron chi connectivity index (χ3n) is 3.37. The quantitative estimate of drug-likeness (QED) is 0.570. The molecule has 0 radical (unpaired) electrons. The predicted octanol–water partition coefficient (Wildman–Crippen LogP) is 5.32. The Morgan fingerprint density at radius 1 is 0.750 bits per heavy atom. The van der Waals surface area contributed by atoms with Crippen LogP contribution >= 0.6 is 0 Å². The van der Waals surface area contributed by atoms with E-state index >= 15 is 0 Å². The second-order valence-corrected chi connectivity index (χ2v) is 8.52. The molecular weight excluding hydrogens is 246 g/mol. The highest BCUT2D eigenvalue weighted by molar-refractivity contribution is 5.76. The average Bonchev–Trinajstić information content (AvgIpc) is 2.22. The van der Waals surface area contributed by atoms with Crippen LogP contribution in [0.3, 0.4) is 0 Å². The summed E-state index contributed by atoms with van der Waals surface area (Å²) in [6, 6.07) is 0. The van der Waals surface area contributed by atoms with E-state index in [-0.39, 0.29) is 11.3 Å². The van der Waals surface area contributed by atoms with Crippen LogP contribution < -0.4 is 5.32 Å². The van der Waals surface area contributed by atoms with Crippen molar-refractivity contribution in [2.75, 3.05) is 6.54 Å². The van der Waals surface area contributed by atoms with Crippen LogP contribution in [0.2, 0.25) is 0 Å². The molecular formula is C18H37NO. The van der Waals surface area contributed by atoms with E-state index in [2.05, 4.69) is 46.9 Å². The maximum Gasteiger partial charge on any atom is 0.220 e. The minimum absolute atomic E-state index is 0.0944. The van der Waals surface area contributed by atoms with Crippen LogP contribution in [0.5, 0.6) is 0 Å². The topological polar surface area (TPSA) is 29.1 Å². The van der Waals surface area contributed by atoms with Gasteiger partial charge in [0.15, 0.2) is 0 Å². The first-order chi connectivity index (χ1) is 9.10. The molecule has 120 valence electrons. The fourth-order valence-electron chi connectivity index (χ4n) is 2.26. The van der Waals surface area contributed by atoms with Gasteiger partial charge >= 0.3 is 0 Å². The molecule has 2 heteroatoms. The smallest absolute Gasteiger partial charge is 0.220 e. The Labute approximate surface area is 127 Å². The highest BCUT2D eigenvalue weighted by Crippen LogP contribution is 2.22. The molecule has 0 aromatic heterocycles. The van der Waals surface area contributed by atoms with Gasteiger partial charge in [-0.2, -0.15) is 0 Å². The number of unbranched alkanes of at least 4 members (excludes halogenated alkanes) is 5. The van der Waals surface area contributed by atoms with Gasteiger partial charge in [-0.1, -0.05) is 73.6 Å². The number of hydrogen-bond acceptors (Lipinski definition) is 1. The minimum atomic E-state index is 0.0944. The monoisotopic (exact) mass is 283 g/mol. The van der Waals surface area contributed by atoms with Crippen molar-refractivity contribution in [3.63, 3.8) is 0 Å². The summed E-state index contributed by atoms with van der Waals surface area (Å²) in [6.07, 6.45) is 9.67. The maximum atomic E-state index is 11.6. The van der Waals surface area contributed by atoms with E-state index in [1.54, 1.807) is 0 Å². The van der Waals surface area contributed by atoms with Gasteiger partial charge in [0.1, 0.15) is 0 Å². The lowest BCUT2D eigenvalue weighted by atomic mass is 9.89. The first-order valence-corrected chi connectivity index (χ1v) is 8.37. The SMILES string of the molecule is CC(C)(C)CCCCCCCCNC(=O)CC(C)(C)C. The Hall–Kier alpha value is -0.530. The molecule has 0 aromatic carbocycles. The van der Waals surface area contributed by atoms with Gasteiger partial charge in [0.05, 0.1) is 0 Å². The lowest BCUT2D eigenvalue weighted by molar-refractivity contribution is -0.122. The van der Waals surface area contributed by atoms with E-state index in [9.17, 15) is 4.79 Å². The Morgan fingerprint density at radius 3 is 1.75 bits per heavy atom. The molecule has 20 heavy (non-hydrogen) atoms. The van der Waals surface area contributed by atoms with Gasteiger partial charge < -0.3 is 5.32 Å². The highest BCUT2D eigenvalue weighted by atomic mass is 16.1. The first kappa shape index (κ1) is 19.5. The molecule has 0 bridgehead atoms. The van der Waals surface area contributed by atoms with Crippen molar-refractivity contribution in [3.8, 4) is 0 Å². The molecule has 0 fully saturated rings. The second kappa shape index (κ2) is 9.41. The molecule has 0 heterocycles. The Morgan fingerprint density at radius 2 is 1.25 bits per heavy atom. The van der Waals surface area contributed by atoms with Crippen LogP contribution in [0, 0.1) is 10.8 Å². The zero-order valence-corrected chi connectivity index (χ0v) is 14.8. The van der Waals surface area contributed by atoms with Crippen LogP contribution in [0.1, 0.15) is 92.9 Å². The van der Waals surface area contributed by atoms with Crippen LogP contribution in [-0.2, 0) is 4.79 Å². The molecule has 0 aliphatic rings. The van der Waals surface area contributed by atoms with Gasteiger partial charge in [-0.25, -0.2) is 0 Å². The number of carbonyl (C=O) groups is 1. The number of carbonyl (C=O) groups excluding carboxylic acids is 1. The van der Waals surface area contributed by atoms with E-state index < -0.39 is 0 Å². The van der Waals surface area contributed by atoms with Crippen molar-refractivity contribution in [2.24, 2.45) is 10.8 Å². The molecule has 0 saturated carbocycles. The van der Waals surface area contributed by atoms with E-state index in [1.807, 2.05) is 0 Å². The third-order valence-corrected chi connectivity index (χ3v) is 3.37. The average molecular weight is 284 g/mol. The maximum absolute atomic E-state index is 11.6. The van der Waals surface area contributed by atoms with Crippen LogP contribution in [-0.4, -0.2) is 12.5 Å². The number of hydrogen-bond donors (Lipinski definition) is 1. The Kier molecular flexibility index (Phi) is 9.16. The lowest BCUT2D eigenvalue weighted by Crippen LogP contribution is -2.28. The van der Waals surface area contributed by atoms with E-state index in [0.717, 1.165) is 13.0 Å². The lowest BCUT2D eigenvalue weighted by Gasteiger charge is -2.17. The Balaban J connectivity index is 3.31. The van der Waals surface area contributed by atoms with Gasteiger partial charge in [0, 0.05) is 13.0 Å². The molecule has 0 unspecified atom stereocenters. The first-order valence-electron chi connectivity index (χ1n) is 8.37. The van der Waals surface area contributed by atoms with Crippen molar-refractivity contribution in [1.82, 2.24) is 5.32 Å². The summed E-state index contributed by atoms with van der Waals surface area (Å²) in [6.45, 7) is 14.1. The molecule has 0 saturated heterocycles. The highest BCUT2D eigenvalue weighted by Gasteiger charge is 2.15. The van der Waals surface area contributed by atoms with Gasteiger partial charge in [-0.3, -0.25) is 4.79 Å². The van der Waals surface area contributed by atoms with Crippen molar-refractivity contribution in [3.05, 3.63) is 0 Å². The molecule has 1 amide bonds. The molecule has 0 aliphatic carbocycles. The van der Waals surface area contributed by atoms with Gasteiger partial charge in [-0.15, -0.1) is 0 Å². The van der Waals surface area contributed by atoms with Crippen molar-refractivity contribution < 1.29 is 4.79 Å². The fraction of sp³-hybridized carbons (Fsp3) is 0.944. The standard InChI is InChI=1S/C18H37NO/c1-17(2,3)13-11-9-7-8-10-12-14-19-16(20)15-18(4,5)6/h7-15H2,1-6H3,(H,19,20). The van der Waals surface area contributed by atoms with Gasteiger partial charge in [0.25, 0.3) is 0 Å². The zero-order valence-electron chi connectivity index (χ0n) is 14.8. The van der Waals surface area contributed by atoms with Crippen molar-refractivity contribution >= 4 is 5.91 Å². The van der Waals surface area contributed by atoms with Gasteiger partial charge in [0.2, 0.25) is 5.91 Å². The van der Waals surface area contributed by atoms with E-state index in [1.165, 1.54) is 38.5 Å². The van der Waals surface area contributed by atoms with Crippen molar-refractivity contribution in [1.29, 1.82) is 0 Å². The van der Waals surface area contributed by atoms with Crippen LogP contribution in [0.4, 0.5) is 0 Å². The predicted molar refractivity (Wildman–Crippen MR) is 88.9 cm³/mol.